The van der Waals surface area contributed by atoms with E-state index in [0.717, 1.165) is 12.1 Å². The van der Waals surface area contributed by atoms with Gasteiger partial charge in [0.2, 0.25) is 11.8 Å². The predicted octanol–water partition coefficient (Wildman–Crippen LogP) is -0.147. The van der Waals surface area contributed by atoms with Gasteiger partial charge in [0.1, 0.15) is 11.9 Å². The number of benzene rings is 1. The van der Waals surface area contributed by atoms with Crippen molar-refractivity contribution in [2.45, 2.75) is 25.5 Å². The summed E-state index contributed by atoms with van der Waals surface area (Å²) in [5.41, 5.74) is 0.230. The van der Waals surface area contributed by atoms with Gasteiger partial charge in [-0.3, -0.25) is 19.7 Å². The lowest BCUT2D eigenvalue weighted by Gasteiger charge is -2.22. The molecule has 3 N–H and O–H groups in total. The Morgan fingerprint density at radius 1 is 1.45 bits per heavy atom. The lowest BCUT2D eigenvalue weighted by atomic mass is 10.0. The molecule has 106 valence electrons. The summed E-state index contributed by atoms with van der Waals surface area (Å²) in [6, 6.07) is 2.58. The highest BCUT2D eigenvalue weighted by Gasteiger charge is 2.28. The number of amides is 3. The minimum atomic E-state index is -0.809. The van der Waals surface area contributed by atoms with Crippen LogP contribution in [0.15, 0.2) is 18.2 Å². The third-order valence-corrected chi connectivity index (χ3v) is 3.03. The highest BCUT2D eigenvalue weighted by molar-refractivity contribution is 6.04. The molecular formula is C13H13FN2O4. The molecule has 1 atom stereocenters. The van der Waals surface area contributed by atoms with Gasteiger partial charge in [0.05, 0.1) is 6.61 Å². The summed E-state index contributed by atoms with van der Waals surface area (Å²) in [6.07, 6.45) is 0.360. The molecular weight excluding hydrogens is 267 g/mol. The SMILES string of the molecule is O=C1CCC(NC(=O)c2ccc(F)cc2CO)C(=O)N1. The first kappa shape index (κ1) is 14.1. The molecule has 0 saturated carbocycles. The summed E-state index contributed by atoms with van der Waals surface area (Å²) in [7, 11) is 0. The summed E-state index contributed by atoms with van der Waals surface area (Å²) >= 11 is 0. The first-order chi connectivity index (χ1) is 9.51. The van der Waals surface area contributed by atoms with Crippen molar-refractivity contribution in [3.05, 3.63) is 35.1 Å². The fraction of sp³-hybridized carbons (Fsp3) is 0.308. The Labute approximate surface area is 114 Å². The number of imide groups is 1. The fourth-order valence-corrected chi connectivity index (χ4v) is 1.98. The van der Waals surface area contributed by atoms with Gasteiger partial charge < -0.3 is 10.4 Å². The number of rotatable bonds is 3. The first-order valence-electron chi connectivity index (χ1n) is 6.05. The van der Waals surface area contributed by atoms with E-state index in [-0.39, 0.29) is 29.9 Å². The zero-order valence-corrected chi connectivity index (χ0v) is 10.5. The van der Waals surface area contributed by atoms with Gasteiger partial charge in [-0.05, 0) is 30.2 Å². The van der Waals surface area contributed by atoms with E-state index in [0.29, 0.717) is 0 Å². The molecule has 1 aromatic rings. The molecule has 0 spiro atoms. The summed E-state index contributed by atoms with van der Waals surface area (Å²) in [5.74, 6) is -2.10. The lowest BCUT2D eigenvalue weighted by Crippen LogP contribution is -2.52. The van der Waals surface area contributed by atoms with E-state index in [2.05, 4.69) is 10.6 Å². The maximum atomic E-state index is 13.0. The molecule has 3 amide bonds. The van der Waals surface area contributed by atoms with Crippen molar-refractivity contribution in [2.75, 3.05) is 0 Å². The van der Waals surface area contributed by atoms with Crippen LogP contribution in [-0.4, -0.2) is 28.9 Å². The highest BCUT2D eigenvalue weighted by Crippen LogP contribution is 2.13. The van der Waals surface area contributed by atoms with Crippen LogP contribution < -0.4 is 10.6 Å². The molecule has 0 aliphatic carbocycles. The largest absolute Gasteiger partial charge is 0.392 e. The van der Waals surface area contributed by atoms with Crippen LogP contribution >= 0.6 is 0 Å². The molecule has 20 heavy (non-hydrogen) atoms. The molecule has 1 heterocycles. The van der Waals surface area contributed by atoms with Crippen LogP contribution in [0.3, 0.4) is 0 Å². The van der Waals surface area contributed by atoms with Crippen LogP contribution in [0.2, 0.25) is 0 Å². The number of carbonyl (C=O) groups is 3. The number of aliphatic hydroxyl groups is 1. The number of aliphatic hydroxyl groups excluding tert-OH is 1. The Morgan fingerprint density at radius 2 is 2.20 bits per heavy atom. The molecule has 1 unspecified atom stereocenters. The van der Waals surface area contributed by atoms with Crippen molar-refractivity contribution in [1.82, 2.24) is 10.6 Å². The molecule has 1 aliphatic rings. The van der Waals surface area contributed by atoms with Gasteiger partial charge in [0.25, 0.3) is 5.91 Å². The van der Waals surface area contributed by atoms with E-state index in [1.807, 2.05) is 0 Å². The van der Waals surface area contributed by atoms with Gasteiger partial charge in [0, 0.05) is 12.0 Å². The van der Waals surface area contributed by atoms with Gasteiger partial charge in [0.15, 0.2) is 0 Å². The number of hydrogen-bond donors (Lipinski definition) is 3. The Bertz CT molecular complexity index is 573. The Balaban J connectivity index is 2.12. The van der Waals surface area contributed by atoms with Crippen LogP contribution in [-0.2, 0) is 16.2 Å². The summed E-state index contributed by atoms with van der Waals surface area (Å²) in [4.78, 5) is 34.5. The van der Waals surface area contributed by atoms with Gasteiger partial charge >= 0.3 is 0 Å². The van der Waals surface area contributed by atoms with Crippen molar-refractivity contribution >= 4 is 17.7 Å². The zero-order valence-electron chi connectivity index (χ0n) is 10.5. The minimum Gasteiger partial charge on any atom is -0.392 e. The van der Waals surface area contributed by atoms with Crippen molar-refractivity contribution < 1.29 is 23.9 Å². The topological polar surface area (TPSA) is 95.5 Å². The molecule has 6 nitrogen and oxygen atoms in total. The van der Waals surface area contributed by atoms with Gasteiger partial charge in [-0.2, -0.15) is 0 Å². The minimum absolute atomic E-state index is 0.0959. The van der Waals surface area contributed by atoms with E-state index in [1.165, 1.54) is 6.07 Å². The second-order valence-electron chi connectivity index (χ2n) is 4.44. The Hall–Kier alpha value is -2.28. The fourth-order valence-electron chi connectivity index (χ4n) is 1.98. The van der Waals surface area contributed by atoms with Gasteiger partial charge in [-0.1, -0.05) is 0 Å². The standard InChI is InChI=1S/C13H13FN2O4/c14-8-1-2-9(7(5-8)6-17)12(19)15-10-3-4-11(18)16-13(10)20/h1-2,5,10,17H,3-4,6H2,(H,15,19)(H,16,18,20). The summed E-state index contributed by atoms with van der Waals surface area (Å²) in [6.45, 7) is -0.490. The molecule has 1 aromatic carbocycles. The van der Waals surface area contributed by atoms with E-state index in [9.17, 15) is 18.8 Å². The maximum Gasteiger partial charge on any atom is 0.252 e. The quantitative estimate of drug-likeness (QED) is 0.671. The monoisotopic (exact) mass is 280 g/mol. The summed E-state index contributed by atoms with van der Waals surface area (Å²) < 4.78 is 13.0. The van der Waals surface area contributed by atoms with Gasteiger partial charge in [-0.25, -0.2) is 4.39 Å². The highest BCUT2D eigenvalue weighted by atomic mass is 19.1. The van der Waals surface area contributed by atoms with E-state index < -0.39 is 30.3 Å². The zero-order chi connectivity index (χ0) is 14.7. The maximum absolute atomic E-state index is 13.0. The molecule has 1 aliphatic heterocycles. The van der Waals surface area contributed by atoms with Gasteiger partial charge in [-0.15, -0.1) is 0 Å². The normalized spacial score (nSPS) is 18.6. The molecule has 2 rings (SSSR count). The van der Waals surface area contributed by atoms with Crippen LogP contribution in [0.4, 0.5) is 4.39 Å². The van der Waals surface area contributed by atoms with E-state index in [4.69, 9.17) is 5.11 Å². The molecule has 1 fully saturated rings. The average Bonchev–Trinajstić information content (AvgIpc) is 2.41. The number of carbonyl (C=O) groups excluding carboxylic acids is 3. The van der Waals surface area contributed by atoms with Crippen LogP contribution in [0.25, 0.3) is 0 Å². The third kappa shape index (κ3) is 3.00. The van der Waals surface area contributed by atoms with Crippen LogP contribution in [0.5, 0.6) is 0 Å². The number of nitrogens with one attached hydrogen (secondary N) is 2. The summed E-state index contributed by atoms with van der Waals surface area (Å²) in [5, 5.41) is 13.7. The second-order valence-corrected chi connectivity index (χ2v) is 4.44. The van der Waals surface area contributed by atoms with Crippen molar-refractivity contribution in [2.24, 2.45) is 0 Å². The predicted molar refractivity (Wildman–Crippen MR) is 66.0 cm³/mol. The molecule has 0 bridgehead atoms. The molecule has 0 radical (unpaired) electrons. The Morgan fingerprint density at radius 3 is 2.85 bits per heavy atom. The molecule has 0 aromatic heterocycles. The average molecular weight is 280 g/mol. The van der Waals surface area contributed by atoms with Crippen molar-refractivity contribution in [3.8, 4) is 0 Å². The van der Waals surface area contributed by atoms with Crippen molar-refractivity contribution in [1.29, 1.82) is 0 Å². The van der Waals surface area contributed by atoms with Crippen LogP contribution in [0.1, 0.15) is 28.8 Å². The number of piperidine rings is 1. The molecule has 7 heteroatoms. The number of hydrogen-bond acceptors (Lipinski definition) is 4. The second kappa shape index (κ2) is 5.79. The molecule has 1 saturated heterocycles. The van der Waals surface area contributed by atoms with Crippen LogP contribution in [0, 0.1) is 5.82 Å². The lowest BCUT2D eigenvalue weighted by molar-refractivity contribution is -0.134. The number of halogens is 1. The van der Waals surface area contributed by atoms with E-state index >= 15 is 0 Å². The van der Waals surface area contributed by atoms with E-state index in [1.54, 1.807) is 0 Å². The third-order valence-electron chi connectivity index (χ3n) is 3.03. The first-order valence-corrected chi connectivity index (χ1v) is 6.05. The smallest absolute Gasteiger partial charge is 0.252 e. The van der Waals surface area contributed by atoms with Crippen molar-refractivity contribution in [3.63, 3.8) is 0 Å². The Kier molecular flexibility index (Phi) is 4.09.